The van der Waals surface area contributed by atoms with Crippen LogP contribution in [0.5, 0.6) is 0 Å². The van der Waals surface area contributed by atoms with E-state index in [0.29, 0.717) is 12.6 Å². The molecule has 18 heavy (non-hydrogen) atoms. The first-order valence-electron chi connectivity index (χ1n) is 5.57. The van der Waals surface area contributed by atoms with Crippen molar-refractivity contribution in [2.45, 2.75) is 12.5 Å². The molecule has 0 radical (unpaired) electrons. The Morgan fingerprint density at radius 2 is 2.22 bits per heavy atom. The molecule has 1 aliphatic heterocycles. The third kappa shape index (κ3) is 2.26. The Labute approximate surface area is 103 Å². The summed E-state index contributed by atoms with van der Waals surface area (Å²) in [4.78, 5) is 11.6. The molecule has 98 valence electrons. The number of nitrogens with one attached hydrogen (secondary N) is 1. The highest BCUT2D eigenvalue weighted by Crippen LogP contribution is 2.33. The van der Waals surface area contributed by atoms with Gasteiger partial charge >= 0.3 is 5.69 Å². The Bertz CT molecular complexity index is 476. The number of nitrogens with zero attached hydrogens (tertiary/aromatic N) is 2. The van der Waals surface area contributed by atoms with E-state index in [9.17, 15) is 18.9 Å². The minimum atomic E-state index is -1.15. The number of halogens is 2. The number of rotatable bonds is 3. The van der Waals surface area contributed by atoms with Gasteiger partial charge in [-0.3, -0.25) is 10.1 Å². The van der Waals surface area contributed by atoms with Crippen LogP contribution in [0.4, 0.5) is 20.2 Å². The lowest BCUT2D eigenvalue weighted by atomic mass is 10.1. The predicted molar refractivity (Wildman–Crippen MR) is 62.7 cm³/mol. The maximum atomic E-state index is 13.5. The number of hydrogen-bond donors (Lipinski definition) is 1. The highest BCUT2D eigenvalue weighted by Gasteiger charge is 2.29. The summed E-state index contributed by atoms with van der Waals surface area (Å²) in [5.74, 6) is -1.96. The molecule has 1 N–H and O–H groups in total. The highest BCUT2D eigenvalue weighted by atomic mass is 19.1. The largest absolute Gasteiger partial charge is 0.365 e. The van der Waals surface area contributed by atoms with Gasteiger partial charge in [-0.15, -0.1) is 0 Å². The molecular weight excluding hydrogens is 244 g/mol. The smallest absolute Gasteiger partial charge is 0.328 e. The Hall–Kier alpha value is -1.76. The average Bonchev–Trinajstić information content (AvgIpc) is 2.79. The second-order valence-electron chi connectivity index (χ2n) is 4.27. The van der Waals surface area contributed by atoms with Gasteiger partial charge < -0.3 is 10.2 Å². The summed E-state index contributed by atoms with van der Waals surface area (Å²) in [7, 11) is 1.61. The molecule has 0 amide bonds. The third-order valence-corrected chi connectivity index (χ3v) is 3.15. The first-order valence-corrected chi connectivity index (χ1v) is 5.57. The molecule has 0 bridgehead atoms. The van der Waals surface area contributed by atoms with Crippen LogP contribution in [0.25, 0.3) is 0 Å². The molecule has 0 saturated carbocycles. The van der Waals surface area contributed by atoms with Crippen LogP contribution in [-0.2, 0) is 0 Å². The number of benzene rings is 1. The van der Waals surface area contributed by atoms with E-state index < -0.39 is 22.2 Å². The van der Waals surface area contributed by atoms with E-state index in [2.05, 4.69) is 5.32 Å². The molecule has 2 rings (SSSR count). The number of anilines is 1. The summed E-state index contributed by atoms with van der Waals surface area (Å²) in [5, 5.41) is 14.0. The normalized spacial score (nSPS) is 18.9. The Kier molecular flexibility index (Phi) is 3.42. The summed E-state index contributed by atoms with van der Waals surface area (Å²) >= 11 is 0. The SMILES string of the molecule is CN(c1cc(F)cc(F)c1[N+](=O)[O-])C1CCNC1. The van der Waals surface area contributed by atoms with E-state index in [0.717, 1.165) is 19.0 Å². The second-order valence-corrected chi connectivity index (χ2v) is 4.27. The van der Waals surface area contributed by atoms with Crippen LogP contribution in [0, 0.1) is 21.7 Å². The lowest BCUT2D eigenvalue weighted by Gasteiger charge is -2.25. The van der Waals surface area contributed by atoms with E-state index in [4.69, 9.17) is 0 Å². The van der Waals surface area contributed by atoms with E-state index in [1.54, 1.807) is 11.9 Å². The summed E-state index contributed by atoms with van der Waals surface area (Å²) in [6.45, 7) is 1.44. The number of likely N-dealkylation sites (N-methyl/N-ethyl adjacent to an activating group) is 1. The van der Waals surface area contributed by atoms with E-state index in [-0.39, 0.29) is 11.7 Å². The minimum absolute atomic E-state index is 0.00454. The van der Waals surface area contributed by atoms with Gasteiger partial charge in [0.15, 0.2) is 0 Å². The number of nitro benzene ring substituents is 1. The van der Waals surface area contributed by atoms with Crippen molar-refractivity contribution in [1.82, 2.24) is 5.32 Å². The molecule has 1 aromatic rings. The van der Waals surface area contributed by atoms with Gasteiger partial charge in [0, 0.05) is 31.8 Å². The fourth-order valence-electron chi connectivity index (χ4n) is 2.17. The Morgan fingerprint density at radius 1 is 1.50 bits per heavy atom. The lowest BCUT2D eigenvalue weighted by molar-refractivity contribution is -0.386. The zero-order valence-electron chi connectivity index (χ0n) is 9.82. The number of hydrogen-bond acceptors (Lipinski definition) is 4. The van der Waals surface area contributed by atoms with Gasteiger partial charge in [-0.05, 0) is 13.0 Å². The first kappa shape index (κ1) is 12.7. The fraction of sp³-hybridized carbons (Fsp3) is 0.455. The van der Waals surface area contributed by atoms with Gasteiger partial charge in [0.05, 0.1) is 4.92 Å². The molecule has 1 atom stereocenters. The molecule has 1 aromatic carbocycles. The van der Waals surface area contributed by atoms with Crippen molar-refractivity contribution in [3.05, 3.63) is 33.9 Å². The molecule has 1 aliphatic rings. The summed E-state index contributed by atoms with van der Waals surface area (Å²) < 4.78 is 26.7. The molecule has 7 heteroatoms. The van der Waals surface area contributed by atoms with Crippen LogP contribution < -0.4 is 10.2 Å². The molecular formula is C11H13F2N3O2. The third-order valence-electron chi connectivity index (χ3n) is 3.15. The van der Waals surface area contributed by atoms with E-state index >= 15 is 0 Å². The van der Waals surface area contributed by atoms with Crippen molar-refractivity contribution in [2.75, 3.05) is 25.0 Å². The Morgan fingerprint density at radius 3 is 2.78 bits per heavy atom. The van der Waals surface area contributed by atoms with Crippen molar-refractivity contribution in [3.63, 3.8) is 0 Å². The van der Waals surface area contributed by atoms with Crippen LogP contribution in [0.15, 0.2) is 12.1 Å². The van der Waals surface area contributed by atoms with Crippen LogP contribution in [0.1, 0.15) is 6.42 Å². The molecule has 0 aromatic heterocycles. The van der Waals surface area contributed by atoms with Crippen molar-refractivity contribution in [1.29, 1.82) is 0 Å². The maximum Gasteiger partial charge on any atom is 0.328 e. The van der Waals surface area contributed by atoms with Gasteiger partial charge in [-0.2, -0.15) is 4.39 Å². The molecule has 1 saturated heterocycles. The fourth-order valence-corrected chi connectivity index (χ4v) is 2.17. The number of nitro groups is 1. The topological polar surface area (TPSA) is 58.4 Å². The molecule has 5 nitrogen and oxygen atoms in total. The molecule has 0 aliphatic carbocycles. The summed E-state index contributed by atoms with van der Waals surface area (Å²) in [5.41, 5.74) is -0.697. The van der Waals surface area contributed by atoms with Gasteiger partial charge in [0.2, 0.25) is 5.82 Å². The van der Waals surface area contributed by atoms with Crippen LogP contribution in [-0.4, -0.2) is 31.1 Å². The zero-order valence-corrected chi connectivity index (χ0v) is 9.82. The van der Waals surface area contributed by atoms with Crippen LogP contribution >= 0.6 is 0 Å². The maximum absolute atomic E-state index is 13.5. The van der Waals surface area contributed by atoms with E-state index in [1.165, 1.54) is 0 Å². The van der Waals surface area contributed by atoms with Crippen molar-refractivity contribution >= 4 is 11.4 Å². The van der Waals surface area contributed by atoms with Gasteiger partial charge in [-0.1, -0.05) is 0 Å². The van der Waals surface area contributed by atoms with Crippen molar-refractivity contribution < 1.29 is 13.7 Å². The molecule has 1 heterocycles. The predicted octanol–water partition coefficient (Wildman–Crippen LogP) is 1.67. The van der Waals surface area contributed by atoms with Crippen LogP contribution in [0.3, 0.4) is 0 Å². The highest BCUT2D eigenvalue weighted by molar-refractivity contribution is 5.64. The molecule has 0 spiro atoms. The average molecular weight is 257 g/mol. The first-order chi connectivity index (χ1) is 8.50. The monoisotopic (exact) mass is 257 g/mol. The van der Waals surface area contributed by atoms with Gasteiger partial charge in [-0.25, -0.2) is 4.39 Å². The van der Waals surface area contributed by atoms with Gasteiger partial charge in [0.25, 0.3) is 0 Å². The van der Waals surface area contributed by atoms with Crippen molar-refractivity contribution in [3.8, 4) is 0 Å². The van der Waals surface area contributed by atoms with Crippen molar-refractivity contribution in [2.24, 2.45) is 0 Å². The minimum Gasteiger partial charge on any atom is -0.365 e. The summed E-state index contributed by atoms with van der Waals surface area (Å²) in [6, 6.07) is 1.53. The summed E-state index contributed by atoms with van der Waals surface area (Å²) in [6.07, 6.45) is 0.784. The zero-order chi connectivity index (χ0) is 13.3. The standard InChI is InChI=1S/C11H13F2N3O2/c1-15(8-2-3-14-6-8)10-5-7(12)4-9(13)11(10)16(17)18/h4-5,8,14H,2-3,6H2,1H3. The Balaban J connectivity index is 2.44. The quantitative estimate of drug-likeness (QED) is 0.661. The second kappa shape index (κ2) is 4.85. The van der Waals surface area contributed by atoms with Gasteiger partial charge in [0.1, 0.15) is 11.5 Å². The molecule has 1 fully saturated rings. The lowest BCUT2D eigenvalue weighted by Crippen LogP contribution is -2.34. The van der Waals surface area contributed by atoms with Crippen LogP contribution in [0.2, 0.25) is 0 Å². The van der Waals surface area contributed by atoms with E-state index in [1.807, 2.05) is 0 Å². The molecule has 1 unspecified atom stereocenters.